The second kappa shape index (κ2) is 37.0. The van der Waals surface area contributed by atoms with Crippen LogP contribution in [0.3, 0.4) is 0 Å². The third kappa shape index (κ3) is 40.3. The molecule has 0 aliphatic carbocycles. The number of carbonyl (C=O) groups is 1. The van der Waals surface area contributed by atoms with E-state index in [2.05, 4.69) is 13.8 Å². The zero-order valence-electron chi connectivity index (χ0n) is 35.0. The number of quaternary nitrogens is 1. The van der Waals surface area contributed by atoms with Gasteiger partial charge in [0.2, 0.25) is 0 Å². The molecule has 0 amide bonds. The zero-order valence-corrected chi connectivity index (χ0v) is 35.9. The lowest BCUT2D eigenvalue weighted by molar-refractivity contribution is -0.870. The van der Waals surface area contributed by atoms with Gasteiger partial charge in [0.1, 0.15) is 19.8 Å². The van der Waals surface area contributed by atoms with Gasteiger partial charge in [-0.3, -0.25) is 9.36 Å². The summed E-state index contributed by atoms with van der Waals surface area (Å²) in [6, 6.07) is 0. The Labute approximate surface area is 322 Å². The van der Waals surface area contributed by atoms with Gasteiger partial charge >= 0.3 is 5.97 Å². The van der Waals surface area contributed by atoms with Crippen LogP contribution >= 0.6 is 7.82 Å². The van der Waals surface area contributed by atoms with Crippen LogP contribution in [0.2, 0.25) is 0 Å². The van der Waals surface area contributed by atoms with Gasteiger partial charge in [0.15, 0.2) is 6.10 Å². The first-order valence-corrected chi connectivity index (χ1v) is 23.4. The number of phosphoric ester groups is 1. The lowest BCUT2D eigenvalue weighted by atomic mass is 10.0. The second-order valence-electron chi connectivity index (χ2n) is 16.1. The first-order chi connectivity index (χ1) is 25.1. The first kappa shape index (κ1) is 51.1. The molecule has 310 valence electrons. The number of hydrogen-bond donors (Lipinski definition) is 0. The molecule has 0 radical (unpaired) electrons. The summed E-state index contributed by atoms with van der Waals surface area (Å²) < 4.78 is 34.3. The third-order valence-corrected chi connectivity index (χ3v) is 10.6. The molecule has 0 heterocycles. The molecule has 9 heteroatoms. The normalized spacial score (nSPS) is 13.8. The number of carbonyl (C=O) groups excluding carboxylic acids is 1. The number of allylic oxidation sites excluding steroid dienone is 1. The fraction of sp³-hybridized carbons (Fsp3) is 0.930. The number of hydrogen-bond acceptors (Lipinski definition) is 7. The predicted octanol–water partition coefficient (Wildman–Crippen LogP) is 12.4. The summed E-state index contributed by atoms with van der Waals surface area (Å²) >= 11 is 0. The highest BCUT2D eigenvalue weighted by Crippen LogP contribution is 2.38. The summed E-state index contributed by atoms with van der Waals surface area (Å²) in [6.45, 7) is 4.76. The smallest absolute Gasteiger partial charge is 0.306 e. The van der Waals surface area contributed by atoms with Crippen molar-refractivity contribution in [1.82, 2.24) is 0 Å². The molecule has 0 bridgehead atoms. The van der Waals surface area contributed by atoms with Gasteiger partial charge in [-0.25, -0.2) is 0 Å². The molecule has 0 aromatic carbocycles. The van der Waals surface area contributed by atoms with E-state index in [-0.39, 0.29) is 25.8 Å². The number of ether oxygens (including phenoxy) is 2. The largest absolute Gasteiger partial charge is 0.756 e. The fourth-order valence-corrected chi connectivity index (χ4v) is 6.95. The Bertz CT molecular complexity index is 848. The average molecular weight is 760 g/mol. The van der Waals surface area contributed by atoms with Crippen molar-refractivity contribution in [2.75, 3.05) is 47.5 Å². The Hall–Kier alpha value is -0.920. The van der Waals surface area contributed by atoms with Crippen molar-refractivity contribution in [3.05, 3.63) is 12.3 Å². The van der Waals surface area contributed by atoms with E-state index in [1.165, 1.54) is 154 Å². The van der Waals surface area contributed by atoms with E-state index in [1.807, 2.05) is 27.2 Å². The number of unbranched alkanes of at least 4 members (excludes halogenated alkanes) is 27. The van der Waals surface area contributed by atoms with Gasteiger partial charge in [-0.05, 0) is 25.3 Å². The van der Waals surface area contributed by atoms with E-state index in [1.54, 1.807) is 6.26 Å². The molecule has 0 saturated heterocycles. The van der Waals surface area contributed by atoms with E-state index in [0.29, 0.717) is 17.4 Å². The molecule has 0 aliphatic heterocycles. The maximum absolute atomic E-state index is 12.6. The van der Waals surface area contributed by atoms with Crippen LogP contribution in [0.4, 0.5) is 0 Å². The molecule has 0 N–H and O–H groups in total. The maximum atomic E-state index is 12.6. The van der Waals surface area contributed by atoms with Crippen molar-refractivity contribution >= 4 is 13.8 Å². The minimum atomic E-state index is -4.53. The Morgan fingerprint density at radius 2 is 1.00 bits per heavy atom. The zero-order chi connectivity index (χ0) is 38.4. The molecular weight excluding hydrogens is 673 g/mol. The van der Waals surface area contributed by atoms with Gasteiger partial charge in [-0.2, -0.15) is 0 Å². The summed E-state index contributed by atoms with van der Waals surface area (Å²) in [4.78, 5) is 25.0. The van der Waals surface area contributed by atoms with Crippen LogP contribution in [0, 0.1) is 0 Å². The lowest BCUT2D eigenvalue weighted by Crippen LogP contribution is -2.37. The summed E-state index contributed by atoms with van der Waals surface area (Å²) in [5.41, 5.74) is 0. The quantitative estimate of drug-likeness (QED) is 0.0201. The SMILES string of the molecule is CCCCCCCCCCCCCCCCCC/C=C/OC[C@@H](COP(=O)([O-])OCC[N+](C)(C)C)OC(=O)CCCCCCCCCCCCCC. The molecule has 2 atom stereocenters. The molecule has 0 rings (SSSR count). The highest BCUT2D eigenvalue weighted by atomic mass is 31.2. The molecular formula is C43H86NO7P. The Balaban J connectivity index is 4.22. The fourth-order valence-electron chi connectivity index (χ4n) is 6.22. The highest BCUT2D eigenvalue weighted by Gasteiger charge is 2.20. The van der Waals surface area contributed by atoms with Crippen LogP contribution in [-0.2, 0) is 27.9 Å². The molecule has 0 aromatic rings. The number of phosphoric acid groups is 1. The van der Waals surface area contributed by atoms with Crippen LogP contribution in [0.5, 0.6) is 0 Å². The minimum absolute atomic E-state index is 0.0201. The molecule has 8 nitrogen and oxygen atoms in total. The van der Waals surface area contributed by atoms with Crippen molar-refractivity contribution in [3.8, 4) is 0 Å². The van der Waals surface area contributed by atoms with E-state index in [9.17, 15) is 14.3 Å². The monoisotopic (exact) mass is 760 g/mol. The van der Waals surface area contributed by atoms with E-state index < -0.39 is 13.9 Å². The van der Waals surface area contributed by atoms with E-state index in [4.69, 9.17) is 18.5 Å². The van der Waals surface area contributed by atoms with Crippen LogP contribution in [0.15, 0.2) is 12.3 Å². The maximum Gasteiger partial charge on any atom is 0.306 e. The van der Waals surface area contributed by atoms with Crippen LogP contribution in [-0.4, -0.2) is 64.1 Å². The molecule has 0 spiro atoms. The van der Waals surface area contributed by atoms with Crippen LogP contribution in [0.1, 0.15) is 206 Å². The molecule has 0 fully saturated rings. The first-order valence-electron chi connectivity index (χ1n) is 22.0. The van der Waals surface area contributed by atoms with Crippen molar-refractivity contribution < 1.29 is 37.3 Å². The summed E-state index contributed by atoms with van der Waals surface area (Å²) in [5, 5.41) is 0. The van der Waals surface area contributed by atoms with Crippen molar-refractivity contribution in [2.45, 2.75) is 213 Å². The van der Waals surface area contributed by atoms with E-state index >= 15 is 0 Å². The van der Waals surface area contributed by atoms with Gasteiger partial charge in [-0.15, -0.1) is 0 Å². The van der Waals surface area contributed by atoms with Crippen molar-refractivity contribution in [3.63, 3.8) is 0 Å². The van der Waals surface area contributed by atoms with Gasteiger partial charge in [-0.1, -0.05) is 181 Å². The van der Waals surface area contributed by atoms with Crippen LogP contribution in [0.25, 0.3) is 0 Å². The number of nitrogens with zero attached hydrogens (tertiary/aromatic N) is 1. The Kier molecular flexibility index (Phi) is 36.4. The number of rotatable bonds is 41. The van der Waals surface area contributed by atoms with Gasteiger partial charge in [0, 0.05) is 6.42 Å². The summed E-state index contributed by atoms with van der Waals surface area (Å²) in [6.07, 6.45) is 40.3. The highest BCUT2D eigenvalue weighted by molar-refractivity contribution is 7.45. The summed E-state index contributed by atoms with van der Waals surface area (Å²) in [5.74, 6) is -0.354. The minimum Gasteiger partial charge on any atom is -0.756 e. The summed E-state index contributed by atoms with van der Waals surface area (Å²) in [7, 11) is 1.34. The molecule has 52 heavy (non-hydrogen) atoms. The third-order valence-electron chi connectivity index (χ3n) is 9.66. The molecule has 0 aliphatic rings. The van der Waals surface area contributed by atoms with Crippen molar-refractivity contribution in [2.24, 2.45) is 0 Å². The molecule has 1 unspecified atom stereocenters. The number of likely N-dealkylation sites (N-methyl/N-ethyl adjacent to an activating group) is 1. The van der Waals surface area contributed by atoms with Crippen molar-refractivity contribution in [1.29, 1.82) is 0 Å². The second-order valence-corrected chi connectivity index (χ2v) is 17.5. The standard InChI is InChI=1S/C43H86NO7P/c1-6-8-10-12-14-16-18-20-21-22-23-24-25-27-29-31-33-35-38-48-40-42(41-50-52(46,47)49-39-37-44(3,4)5)51-43(45)36-34-32-30-28-26-19-17-15-13-11-9-7-2/h35,38,42H,6-34,36-37,39-41H2,1-5H3/b38-35+/t42-/m0/s1. The number of esters is 1. The molecule has 0 saturated carbocycles. The molecule has 0 aromatic heterocycles. The topological polar surface area (TPSA) is 94.1 Å². The van der Waals surface area contributed by atoms with Gasteiger partial charge in [0.05, 0.1) is 34.0 Å². The lowest BCUT2D eigenvalue weighted by Gasteiger charge is -2.28. The Morgan fingerprint density at radius 3 is 1.42 bits per heavy atom. The van der Waals surface area contributed by atoms with Gasteiger partial charge in [0.25, 0.3) is 7.82 Å². The average Bonchev–Trinajstić information content (AvgIpc) is 3.09. The van der Waals surface area contributed by atoms with E-state index in [0.717, 1.165) is 32.1 Å². The van der Waals surface area contributed by atoms with Crippen LogP contribution < -0.4 is 4.89 Å². The Morgan fingerprint density at radius 1 is 0.596 bits per heavy atom. The predicted molar refractivity (Wildman–Crippen MR) is 217 cm³/mol. The van der Waals surface area contributed by atoms with Gasteiger partial charge < -0.3 is 27.9 Å².